The minimum absolute atomic E-state index is 0.136. The second-order valence-electron chi connectivity index (χ2n) is 4.50. The van der Waals surface area contributed by atoms with E-state index in [9.17, 15) is 9.59 Å². The van der Waals surface area contributed by atoms with Gasteiger partial charge in [0.15, 0.2) is 0 Å². The van der Waals surface area contributed by atoms with Crippen LogP contribution in [0.3, 0.4) is 0 Å². The summed E-state index contributed by atoms with van der Waals surface area (Å²) in [7, 11) is 1.60. The minimum Gasteiger partial charge on any atom is -0.497 e. The van der Waals surface area contributed by atoms with Gasteiger partial charge in [0.05, 0.1) is 13.0 Å². The van der Waals surface area contributed by atoms with Crippen molar-refractivity contribution in [2.45, 2.75) is 12.3 Å². The van der Waals surface area contributed by atoms with Crippen LogP contribution in [-0.4, -0.2) is 19.2 Å². The van der Waals surface area contributed by atoms with E-state index >= 15 is 0 Å². The summed E-state index contributed by atoms with van der Waals surface area (Å²) in [5, 5.41) is 0. The Morgan fingerprint density at radius 1 is 1.33 bits per heavy atom. The summed E-state index contributed by atoms with van der Waals surface area (Å²) in [6.45, 7) is 3.62. The van der Waals surface area contributed by atoms with E-state index in [-0.39, 0.29) is 23.5 Å². The molecule has 0 spiro atoms. The van der Waals surface area contributed by atoms with Gasteiger partial charge in [-0.25, -0.2) is 0 Å². The zero-order valence-corrected chi connectivity index (χ0v) is 10.3. The second kappa shape index (κ2) is 5.17. The molecule has 18 heavy (non-hydrogen) atoms. The maximum atomic E-state index is 12.0. The van der Waals surface area contributed by atoms with E-state index in [1.165, 1.54) is 0 Å². The smallest absolute Gasteiger partial charge is 0.145 e. The molecule has 1 aromatic rings. The number of ether oxygens (including phenoxy) is 1. The molecule has 1 aliphatic rings. The first-order valence-corrected chi connectivity index (χ1v) is 5.96. The van der Waals surface area contributed by atoms with Crippen LogP contribution in [0, 0.1) is 11.8 Å². The van der Waals surface area contributed by atoms with Crippen molar-refractivity contribution in [2.75, 3.05) is 7.11 Å². The van der Waals surface area contributed by atoms with Crippen LogP contribution in [0.4, 0.5) is 0 Å². The number of rotatable bonds is 5. The summed E-state index contributed by atoms with van der Waals surface area (Å²) in [4.78, 5) is 23.2. The van der Waals surface area contributed by atoms with Crippen LogP contribution in [0.5, 0.6) is 5.75 Å². The van der Waals surface area contributed by atoms with Crippen LogP contribution < -0.4 is 4.74 Å². The highest BCUT2D eigenvalue weighted by molar-refractivity contribution is 5.99. The second-order valence-corrected chi connectivity index (χ2v) is 4.50. The predicted octanol–water partition coefficient (Wildman–Crippen LogP) is 2.37. The molecule has 0 aliphatic heterocycles. The van der Waals surface area contributed by atoms with Crippen molar-refractivity contribution in [2.24, 2.45) is 11.8 Å². The van der Waals surface area contributed by atoms with Gasteiger partial charge in [0.2, 0.25) is 0 Å². The molecule has 1 aromatic carbocycles. The van der Waals surface area contributed by atoms with Gasteiger partial charge < -0.3 is 9.53 Å². The first-order chi connectivity index (χ1) is 8.72. The third-order valence-corrected chi connectivity index (χ3v) is 3.57. The fraction of sp³-hybridized carbons (Fsp3) is 0.333. The van der Waals surface area contributed by atoms with Crippen LogP contribution in [0.1, 0.15) is 17.9 Å². The highest BCUT2D eigenvalue weighted by Crippen LogP contribution is 2.44. The van der Waals surface area contributed by atoms with E-state index in [1.807, 2.05) is 24.3 Å². The molecular weight excluding hydrogens is 228 g/mol. The summed E-state index contributed by atoms with van der Waals surface area (Å²) in [5.41, 5.74) is 0.887. The third kappa shape index (κ3) is 1.96. The van der Waals surface area contributed by atoms with Crippen LogP contribution in [0.2, 0.25) is 0 Å². The highest BCUT2D eigenvalue weighted by Gasteiger charge is 2.49. The number of allylic oxidation sites excluding steroid dienone is 1. The number of methoxy groups -OCH3 is 1. The van der Waals surface area contributed by atoms with Gasteiger partial charge in [0.1, 0.15) is 17.8 Å². The molecule has 0 aromatic heterocycles. The van der Waals surface area contributed by atoms with Crippen LogP contribution in [-0.2, 0) is 9.59 Å². The fourth-order valence-corrected chi connectivity index (χ4v) is 2.55. The Kier molecular flexibility index (Phi) is 3.60. The maximum absolute atomic E-state index is 12.0. The Labute approximate surface area is 106 Å². The summed E-state index contributed by atoms with van der Waals surface area (Å²) in [6.07, 6.45) is 3.17. The van der Waals surface area contributed by atoms with Gasteiger partial charge in [-0.2, -0.15) is 0 Å². The topological polar surface area (TPSA) is 43.4 Å². The fourth-order valence-electron chi connectivity index (χ4n) is 2.55. The lowest BCUT2D eigenvalue weighted by Crippen LogP contribution is -2.46. The largest absolute Gasteiger partial charge is 0.497 e. The van der Waals surface area contributed by atoms with Gasteiger partial charge in [-0.3, -0.25) is 4.79 Å². The number of benzene rings is 1. The first-order valence-electron chi connectivity index (χ1n) is 5.96. The molecule has 1 saturated carbocycles. The Morgan fingerprint density at radius 3 is 2.50 bits per heavy atom. The van der Waals surface area contributed by atoms with Gasteiger partial charge in [-0.05, 0) is 24.1 Å². The lowest BCUT2D eigenvalue weighted by molar-refractivity contribution is -0.141. The van der Waals surface area contributed by atoms with Crippen LogP contribution in [0.15, 0.2) is 36.9 Å². The van der Waals surface area contributed by atoms with Crippen molar-refractivity contribution in [3.05, 3.63) is 42.5 Å². The molecular formula is C15H16O3. The molecule has 1 fully saturated rings. The number of hydrogen-bond acceptors (Lipinski definition) is 3. The first kappa shape index (κ1) is 12.6. The SMILES string of the molecule is C=CC[C@@H]1C(=O)C(c2ccc(OC)cc2)[C@@H]1C=O. The van der Waals surface area contributed by atoms with Gasteiger partial charge >= 0.3 is 0 Å². The third-order valence-electron chi connectivity index (χ3n) is 3.57. The molecule has 3 nitrogen and oxygen atoms in total. The van der Waals surface area contributed by atoms with E-state index in [0.717, 1.165) is 17.6 Å². The maximum Gasteiger partial charge on any atom is 0.145 e. The van der Waals surface area contributed by atoms with E-state index in [0.29, 0.717) is 6.42 Å². The van der Waals surface area contributed by atoms with Crippen molar-refractivity contribution >= 4 is 12.1 Å². The Morgan fingerprint density at radius 2 is 2.00 bits per heavy atom. The summed E-state index contributed by atoms with van der Waals surface area (Å²) in [5.74, 6) is 0.183. The number of carbonyl (C=O) groups excluding carboxylic acids is 2. The average Bonchev–Trinajstić information content (AvgIpc) is 2.42. The van der Waals surface area contributed by atoms with E-state index < -0.39 is 0 Å². The van der Waals surface area contributed by atoms with E-state index in [2.05, 4.69) is 6.58 Å². The van der Waals surface area contributed by atoms with E-state index in [1.54, 1.807) is 13.2 Å². The number of carbonyl (C=O) groups is 2. The molecule has 0 bridgehead atoms. The lowest BCUT2D eigenvalue weighted by atomic mass is 9.60. The van der Waals surface area contributed by atoms with Crippen LogP contribution >= 0.6 is 0 Å². The van der Waals surface area contributed by atoms with Crippen LogP contribution in [0.25, 0.3) is 0 Å². The predicted molar refractivity (Wildman–Crippen MR) is 68.6 cm³/mol. The average molecular weight is 244 g/mol. The Bertz CT molecular complexity index is 461. The minimum atomic E-state index is -0.293. The van der Waals surface area contributed by atoms with Gasteiger partial charge in [0, 0.05) is 11.8 Å². The zero-order valence-electron chi connectivity index (χ0n) is 10.3. The van der Waals surface area contributed by atoms with Gasteiger partial charge in [0.25, 0.3) is 0 Å². The molecule has 1 aliphatic carbocycles. The number of ketones is 1. The zero-order chi connectivity index (χ0) is 13.1. The highest BCUT2D eigenvalue weighted by atomic mass is 16.5. The quantitative estimate of drug-likeness (QED) is 0.590. The van der Waals surface area contributed by atoms with Crippen molar-refractivity contribution in [1.29, 1.82) is 0 Å². The molecule has 1 unspecified atom stereocenters. The molecule has 0 N–H and O–H groups in total. The van der Waals surface area contributed by atoms with Crippen molar-refractivity contribution < 1.29 is 14.3 Å². The lowest BCUT2D eigenvalue weighted by Gasteiger charge is -2.39. The summed E-state index contributed by atoms with van der Waals surface area (Å²) in [6, 6.07) is 7.32. The molecule has 0 radical (unpaired) electrons. The normalized spacial score (nSPS) is 26.3. The molecule has 0 amide bonds. The number of aldehydes is 1. The number of Topliss-reactive ketones (excluding diaryl/α,β-unsaturated/α-hetero) is 1. The van der Waals surface area contributed by atoms with Gasteiger partial charge in [-0.15, -0.1) is 6.58 Å². The molecule has 3 atom stereocenters. The molecule has 0 saturated heterocycles. The Hall–Kier alpha value is -1.90. The molecule has 2 rings (SSSR count). The van der Waals surface area contributed by atoms with Crippen molar-refractivity contribution in [1.82, 2.24) is 0 Å². The van der Waals surface area contributed by atoms with Crippen molar-refractivity contribution in [3.8, 4) is 5.75 Å². The Balaban J connectivity index is 2.20. The summed E-state index contributed by atoms with van der Waals surface area (Å²) >= 11 is 0. The summed E-state index contributed by atoms with van der Waals surface area (Å²) < 4.78 is 5.07. The monoisotopic (exact) mass is 244 g/mol. The van der Waals surface area contributed by atoms with E-state index in [4.69, 9.17) is 4.74 Å². The standard InChI is InChI=1S/C15H16O3/c1-3-4-12-13(9-16)14(15(12)17)10-5-7-11(18-2)8-6-10/h3,5-9,12-14H,1,4H2,2H3/t12-,13+,14?/m0/s1. The molecule has 0 heterocycles. The number of hydrogen-bond donors (Lipinski definition) is 0. The van der Waals surface area contributed by atoms with Crippen molar-refractivity contribution in [3.63, 3.8) is 0 Å². The van der Waals surface area contributed by atoms with Gasteiger partial charge in [-0.1, -0.05) is 18.2 Å². The molecule has 94 valence electrons. The molecule has 3 heteroatoms.